The van der Waals surface area contributed by atoms with Gasteiger partial charge in [-0.1, -0.05) is 0 Å². The standard InChI is InChI=1S/C18H12O5/c19-13-5-1-11(2-6-13)17(21)15-9-10-16(23-15)18(22)12-3-7-14(20)8-4-12/h1-10,19-20H. The van der Waals surface area contributed by atoms with E-state index in [0.717, 1.165) is 0 Å². The van der Waals surface area contributed by atoms with Crippen molar-refractivity contribution >= 4 is 11.6 Å². The molecule has 0 aliphatic heterocycles. The van der Waals surface area contributed by atoms with Crippen molar-refractivity contribution in [3.8, 4) is 11.5 Å². The molecule has 0 saturated heterocycles. The summed E-state index contributed by atoms with van der Waals surface area (Å²) in [6.45, 7) is 0. The van der Waals surface area contributed by atoms with E-state index in [4.69, 9.17) is 4.42 Å². The Kier molecular flexibility index (Phi) is 3.68. The first kappa shape index (κ1) is 14.6. The summed E-state index contributed by atoms with van der Waals surface area (Å²) in [7, 11) is 0. The molecule has 0 unspecified atom stereocenters. The lowest BCUT2D eigenvalue weighted by Crippen LogP contribution is -2.01. The largest absolute Gasteiger partial charge is 0.508 e. The molecule has 0 amide bonds. The first-order chi connectivity index (χ1) is 11.0. The van der Waals surface area contributed by atoms with Crippen LogP contribution in [-0.4, -0.2) is 21.8 Å². The zero-order chi connectivity index (χ0) is 16.4. The maximum absolute atomic E-state index is 12.3. The monoisotopic (exact) mass is 308 g/mol. The molecule has 23 heavy (non-hydrogen) atoms. The van der Waals surface area contributed by atoms with Crippen LogP contribution in [0, 0.1) is 0 Å². The van der Waals surface area contributed by atoms with Crippen LogP contribution in [0.25, 0.3) is 0 Å². The van der Waals surface area contributed by atoms with Gasteiger partial charge in [0, 0.05) is 11.1 Å². The van der Waals surface area contributed by atoms with Gasteiger partial charge in [0.25, 0.3) is 0 Å². The van der Waals surface area contributed by atoms with Crippen LogP contribution in [0.4, 0.5) is 0 Å². The first-order valence-electron chi connectivity index (χ1n) is 6.82. The average Bonchev–Trinajstić information content (AvgIpc) is 3.05. The van der Waals surface area contributed by atoms with Crippen molar-refractivity contribution in [2.75, 3.05) is 0 Å². The number of furan rings is 1. The normalized spacial score (nSPS) is 10.4. The van der Waals surface area contributed by atoms with Crippen LogP contribution in [0.2, 0.25) is 0 Å². The van der Waals surface area contributed by atoms with E-state index in [1.807, 2.05) is 0 Å². The third-order valence-electron chi connectivity index (χ3n) is 3.31. The van der Waals surface area contributed by atoms with Gasteiger partial charge in [-0.2, -0.15) is 0 Å². The van der Waals surface area contributed by atoms with Gasteiger partial charge in [-0.05, 0) is 60.7 Å². The molecule has 0 radical (unpaired) electrons. The molecule has 5 heteroatoms. The van der Waals surface area contributed by atoms with Crippen molar-refractivity contribution in [3.63, 3.8) is 0 Å². The Morgan fingerprint density at radius 2 is 0.957 bits per heavy atom. The smallest absolute Gasteiger partial charge is 0.228 e. The van der Waals surface area contributed by atoms with Gasteiger partial charge in [-0.15, -0.1) is 0 Å². The first-order valence-corrected chi connectivity index (χ1v) is 6.82. The summed E-state index contributed by atoms with van der Waals surface area (Å²) in [5, 5.41) is 18.5. The van der Waals surface area contributed by atoms with Crippen molar-refractivity contribution in [3.05, 3.63) is 83.3 Å². The van der Waals surface area contributed by atoms with E-state index in [9.17, 15) is 19.8 Å². The van der Waals surface area contributed by atoms with Crippen molar-refractivity contribution in [1.29, 1.82) is 0 Å². The summed E-state index contributed by atoms with van der Waals surface area (Å²) in [6, 6.07) is 14.4. The predicted octanol–water partition coefficient (Wildman–Crippen LogP) is 3.15. The SMILES string of the molecule is O=C(c1ccc(O)cc1)c1ccc(C(=O)c2ccc(O)cc2)o1. The van der Waals surface area contributed by atoms with Crippen LogP contribution in [-0.2, 0) is 0 Å². The molecule has 5 nitrogen and oxygen atoms in total. The van der Waals surface area contributed by atoms with Crippen LogP contribution in [0.15, 0.2) is 65.1 Å². The highest BCUT2D eigenvalue weighted by Crippen LogP contribution is 2.19. The van der Waals surface area contributed by atoms with Crippen LogP contribution < -0.4 is 0 Å². The molecule has 0 atom stereocenters. The molecule has 0 spiro atoms. The molecule has 0 aliphatic carbocycles. The minimum absolute atomic E-state index is 0.0396. The van der Waals surface area contributed by atoms with Gasteiger partial charge in [0.05, 0.1) is 0 Å². The lowest BCUT2D eigenvalue weighted by Gasteiger charge is -1.99. The second-order valence-corrected chi connectivity index (χ2v) is 4.92. The lowest BCUT2D eigenvalue weighted by molar-refractivity contribution is 0.0986. The summed E-state index contributed by atoms with van der Waals surface area (Å²) < 4.78 is 5.35. The average molecular weight is 308 g/mol. The molecule has 3 aromatic rings. The summed E-state index contributed by atoms with van der Waals surface area (Å²) >= 11 is 0. The number of rotatable bonds is 4. The Morgan fingerprint density at radius 3 is 1.30 bits per heavy atom. The molecule has 1 aromatic heterocycles. The van der Waals surface area contributed by atoms with E-state index in [1.165, 1.54) is 60.7 Å². The number of aromatic hydroxyl groups is 2. The van der Waals surface area contributed by atoms with Crippen molar-refractivity contribution in [2.24, 2.45) is 0 Å². The Morgan fingerprint density at radius 1 is 0.609 bits per heavy atom. The van der Waals surface area contributed by atoms with E-state index >= 15 is 0 Å². The number of carbonyl (C=O) groups is 2. The Balaban J connectivity index is 1.85. The molecule has 2 aromatic carbocycles. The van der Waals surface area contributed by atoms with Gasteiger partial charge < -0.3 is 14.6 Å². The molecule has 1 heterocycles. The quantitative estimate of drug-likeness (QED) is 0.723. The van der Waals surface area contributed by atoms with Gasteiger partial charge >= 0.3 is 0 Å². The topological polar surface area (TPSA) is 87.7 Å². The maximum atomic E-state index is 12.3. The highest BCUT2D eigenvalue weighted by Gasteiger charge is 2.18. The van der Waals surface area contributed by atoms with E-state index in [1.54, 1.807) is 0 Å². The third-order valence-corrected chi connectivity index (χ3v) is 3.31. The molecule has 0 bridgehead atoms. The van der Waals surface area contributed by atoms with Gasteiger partial charge in [0.15, 0.2) is 11.5 Å². The maximum Gasteiger partial charge on any atom is 0.228 e. The highest BCUT2D eigenvalue weighted by atomic mass is 16.4. The molecule has 0 saturated carbocycles. The van der Waals surface area contributed by atoms with Gasteiger partial charge in [0.1, 0.15) is 11.5 Å². The number of benzene rings is 2. The fourth-order valence-corrected chi connectivity index (χ4v) is 2.09. The Hall–Kier alpha value is -3.34. The fraction of sp³-hybridized carbons (Fsp3) is 0. The molecule has 2 N–H and O–H groups in total. The number of hydrogen-bond donors (Lipinski definition) is 2. The van der Waals surface area contributed by atoms with Crippen molar-refractivity contribution < 1.29 is 24.2 Å². The molecule has 114 valence electrons. The highest BCUT2D eigenvalue weighted by molar-refractivity contribution is 6.10. The van der Waals surface area contributed by atoms with E-state index in [0.29, 0.717) is 11.1 Å². The van der Waals surface area contributed by atoms with Gasteiger partial charge in [-0.25, -0.2) is 0 Å². The minimum Gasteiger partial charge on any atom is -0.508 e. The summed E-state index contributed by atoms with van der Waals surface area (Å²) in [4.78, 5) is 24.5. The molecule has 0 aliphatic rings. The molecular formula is C18H12O5. The van der Waals surface area contributed by atoms with Crippen LogP contribution in [0.3, 0.4) is 0 Å². The zero-order valence-corrected chi connectivity index (χ0v) is 11.9. The summed E-state index contributed by atoms with van der Waals surface area (Å²) in [6.07, 6.45) is 0. The number of phenolic OH excluding ortho intramolecular Hbond substituents is 2. The van der Waals surface area contributed by atoms with E-state index < -0.39 is 0 Å². The van der Waals surface area contributed by atoms with E-state index in [2.05, 4.69) is 0 Å². The van der Waals surface area contributed by atoms with Crippen LogP contribution >= 0.6 is 0 Å². The number of phenols is 2. The van der Waals surface area contributed by atoms with Crippen molar-refractivity contribution in [1.82, 2.24) is 0 Å². The van der Waals surface area contributed by atoms with E-state index in [-0.39, 0.29) is 34.6 Å². The predicted molar refractivity (Wildman–Crippen MR) is 81.8 cm³/mol. The third kappa shape index (κ3) is 2.98. The number of ketones is 2. The van der Waals surface area contributed by atoms with Crippen molar-refractivity contribution in [2.45, 2.75) is 0 Å². The fourth-order valence-electron chi connectivity index (χ4n) is 2.09. The number of carbonyl (C=O) groups excluding carboxylic acids is 2. The molecular weight excluding hydrogens is 296 g/mol. The van der Waals surface area contributed by atoms with Gasteiger partial charge in [-0.3, -0.25) is 9.59 Å². The van der Waals surface area contributed by atoms with Crippen LogP contribution in [0.1, 0.15) is 32.2 Å². The van der Waals surface area contributed by atoms with Gasteiger partial charge in [0.2, 0.25) is 11.6 Å². The Labute approximate surface area is 131 Å². The minimum atomic E-state index is -0.380. The second kappa shape index (κ2) is 5.81. The molecule has 3 rings (SSSR count). The second-order valence-electron chi connectivity index (χ2n) is 4.92. The molecule has 0 fully saturated rings. The lowest BCUT2D eigenvalue weighted by atomic mass is 10.1. The zero-order valence-electron chi connectivity index (χ0n) is 11.9. The summed E-state index contributed by atoms with van der Waals surface area (Å²) in [5.41, 5.74) is 0.696. The van der Waals surface area contributed by atoms with Crippen LogP contribution in [0.5, 0.6) is 11.5 Å². The Bertz CT molecular complexity index is 785. The summed E-state index contributed by atoms with van der Waals surface area (Å²) in [5.74, 6) is -0.562. The number of hydrogen-bond acceptors (Lipinski definition) is 5.